The number of nitrogens with one attached hydrogen (secondary N) is 1. The second kappa shape index (κ2) is 9.22. The molecular formula is C22H21F3N2O3S2. The van der Waals surface area contributed by atoms with Gasteiger partial charge in [-0.05, 0) is 41.1 Å². The minimum Gasteiger partial charge on any atom is -0.406 e. The third-order valence-electron chi connectivity index (χ3n) is 5.11. The summed E-state index contributed by atoms with van der Waals surface area (Å²) in [5, 5.41) is 2.04. The number of nitrogens with zero attached hydrogens (tertiary/aromatic N) is 1. The van der Waals surface area contributed by atoms with E-state index in [9.17, 15) is 21.6 Å². The van der Waals surface area contributed by atoms with Crippen LogP contribution in [0.25, 0.3) is 10.4 Å². The number of alkyl halides is 3. The highest BCUT2D eigenvalue weighted by atomic mass is 32.2. The normalized spacial score (nSPS) is 17.5. The molecule has 1 aliphatic heterocycles. The van der Waals surface area contributed by atoms with Gasteiger partial charge in [0.15, 0.2) is 0 Å². The van der Waals surface area contributed by atoms with Gasteiger partial charge in [-0.2, -0.15) is 0 Å². The fraction of sp³-hybridized carbons (Fsp3) is 0.273. The number of ether oxygens (including phenoxy) is 1. The zero-order valence-electron chi connectivity index (χ0n) is 16.9. The molecule has 0 bridgehead atoms. The van der Waals surface area contributed by atoms with Gasteiger partial charge < -0.3 is 4.74 Å². The third kappa shape index (κ3) is 5.89. The topological polar surface area (TPSA) is 58.6 Å². The molecule has 4 rings (SSSR count). The molecule has 170 valence electrons. The number of halogens is 3. The molecule has 1 N–H and O–H groups in total. The van der Waals surface area contributed by atoms with Gasteiger partial charge in [-0.15, -0.1) is 24.5 Å². The van der Waals surface area contributed by atoms with Crippen LogP contribution in [0, 0.1) is 0 Å². The first-order valence-corrected chi connectivity index (χ1v) is 12.3. The van der Waals surface area contributed by atoms with Gasteiger partial charge in [0.2, 0.25) is 10.0 Å². The Morgan fingerprint density at radius 2 is 1.88 bits per heavy atom. The van der Waals surface area contributed by atoms with Crippen LogP contribution in [0.2, 0.25) is 0 Å². The maximum atomic E-state index is 12.7. The first kappa shape index (κ1) is 22.8. The Bertz CT molecular complexity index is 1150. The minimum absolute atomic E-state index is 0.262. The summed E-state index contributed by atoms with van der Waals surface area (Å²) in [6.45, 7) is 1.93. The lowest BCUT2D eigenvalue weighted by Gasteiger charge is -2.17. The molecule has 0 amide bonds. The van der Waals surface area contributed by atoms with Gasteiger partial charge in [-0.25, -0.2) is 13.1 Å². The number of sulfonamides is 1. The molecule has 1 saturated heterocycles. The maximum Gasteiger partial charge on any atom is 0.573 e. The van der Waals surface area contributed by atoms with Gasteiger partial charge >= 0.3 is 6.36 Å². The summed E-state index contributed by atoms with van der Waals surface area (Å²) in [5.74, 6) is -0.570. The summed E-state index contributed by atoms with van der Waals surface area (Å²) in [4.78, 5) is 3.09. The Hall–Kier alpha value is -2.40. The highest BCUT2D eigenvalue weighted by Gasteiger charge is 2.32. The molecule has 5 nitrogen and oxygen atoms in total. The first-order chi connectivity index (χ1) is 15.2. The van der Waals surface area contributed by atoms with Crippen molar-refractivity contribution < 1.29 is 26.3 Å². The van der Waals surface area contributed by atoms with Crippen molar-refractivity contribution in [2.75, 3.05) is 13.1 Å². The van der Waals surface area contributed by atoms with Gasteiger partial charge in [0, 0.05) is 36.6 Å². The number of thiophene rings is 1. The average Bonchev–Trinajstić information content (AvgIpc) is 3.40. The van der Waals surface area contributed by atoms with Crippen molar-refractivity contribution in [2.24, 2.45) is 0 Å². The molecule has 0 spiro atoms. The molecular weight excluding hydrogens is 461 g/mol. The summed E-state index contributed by atoms with van der Waals surface area (Å²) in [5.41, 5.74) is 2.29. The van der Waals surface area contributed by atoms with E-state index < -0.39 is 22.1 Å². The van der Waals surface area contributed by atoms with Crippen molar-refractivity contribution in [3.05, 3.63) is 71.6 Å². The molecule has 1 aromatic heterocycles. The largest absolute Gasteiger partial charge is 0.573 e. The molecule has 10 heteroatoms. The lowest BCUT2D eigenvalue weighted by molar-refractivity contribution is -0.274. The predicted molar refractivity (Wildman–Crippen MR) is 117 cm³/mol. The quantitative estimate of drug-likeness (QED) is 0.522. The monoisotopic (exact) mass is 482 g/mol. The predicted octanol–water partition coefficient (Wildman–Crippen LogP) is 4.87. The molecule has 0 aliphatic carbocycles. The van der Waals surface area contributed by atoms with Crippen LogP contribution < -0.4 is 9.46 Å². The van der Waals surface area contributed by atoms with Crippen LogP contribution in [0.15, 0.2) is 70.9 Å². The number of likely N-dealkylation sites (tertiary alicyclic amines) is 1. The summed E-state index contributed by atoms with van der Waals surface area (Å²) in [6, 6.07) is 16.5. The second-order valence-electron chi connectivity index (χ2n) is 7.54. The van der Waals surface area contributed by atoms with Crippen LogP contribution in [0.3, 0.4) is 0 Å². The van der Waals surface area contributed by atoms with Crippen molar-refractivity contribution in [2.45, 2.75) is 30.3 Å². The molecule has 1 aliphatic rings. The molecule has 2 heterocycles. The Kier molecular flexibility index (Phi) is 6.57. The van der Waals surface area contributed by atoms with E-state index in [4.69, 9.17) is 0 Å². The SMILES string of the molecule is O=S(=O)(N[C@@H]1CCN(Cc2ccc(-c3cccs3)cc2)C1)c1cccc(OC(F)(F)F)c1. The van der Waals surface area contributed by atoms with Gasteiger partial charge in [0.1, 0.15) is 5.75 Å². The smallest absolute Gasteiger partial charge is 0.406 e. The standard InChI is InChI=1S/C22H21F3N2O3S2/c23-22(24,25)30-19-3-1-4-20(13-19)32(28,29)26-18-10-11-27(15-18)14-16-6-8-17(9-7-16)21-5-2-12-31-21/h1-9,12-13,18,26H,10-11,14-15H2/t18-/m1/s1. The van der Waals surface area contributed by atoms with Crippen LogP contribution in [-0.4, -0.2) is 38.8 Å². The van der Waals surface area contributed by atoms with E-state index in [-0.39, 0.29) is 10.9 Å². The highest BCUT2D eigenvalue weighted by Crippen LogP contribution is 2.27. The van der Waals surface area contributed by atoms with Crippen LogP contribution in [-0.2, 0) is 16.6 Å². The van der Waals surface area contributed by atoms with Crippen LogP contribution in [0.4, 0.5) is 13.2 Å². The molecule has 0 radical (unpaired) electrons. The van der Waals surface area contributed by atoms with Gasteiger partial charge in [0.25, 0.3) is 0 Å². The van der Waals surface area contributed by atoms with Crippen LogP contribution in [0.1, 0.15) is 12.0 Å². The van der Waals surface area contributed by atoms with Crippen LogP contribution >= 0.6 is 11.3 Å². The van der Waals surface area contributed by atoms with Crippen LogP contribution in [0.5, 0.6) is 5.75 Å². The zero-order chi connectivity index (χ0) is 22.8. The fourth-order valence-electron chi connectivity index (χ4n) is 3.67. The second-order valence-corrected chi connectivity index (χ2v) is 10.2. The third-order valence-corrected chi connectivity index (χ3v) is 7.55. The number of hydrogen-bond acceptors (Lipinski definition) is 5. The number of rotatable bonds is 7. The maximum absolute atomic E-state index is 12.7. The van der Waals surface area contributed by atoms with E-state index in [0.717, 1.165) is 29.8 Å². The Morgan fingerprint density at radius 3 is 2.56 bits per heavy atom. The van der Waals surface area contributed by atoms with E-state index in [1.54, 1.807) is 11.3 Å². The van der Waals surface area contributed by atoms with Crippen molar-refractivity contribution in [1.82, 2.24) is 9.62 Å². The minimum atomic E-state index is -4.89. The summed E-state index contributed by atoms with van der Waals surface area (Å²) < 4.78 is 69.0. The highest BCUT2D eigenvalue weighted by molar-refractivity contribution is 7.89. The fourth-order valence-corrected chi connectivity index (χ4v) is 5.70. The molecule has 3 aromatic rings. The molecule has 32 heavy (non-hydrogen) atoms. The Balaban J connectivity index is 1.35. The summed E-state index contributed by atoms with van der Waals surface area (Å²) in [6.07, 6.45) is -4.27. The summed E-state index contributed by atoms with van der Waals surface area (Å²) >= 11 is 1.68. The van der Waals surface area contributed by atoms with E-state index >= 15 is 0 Å². The summed E-state index contributed by atoms with van der Waals surface area (Å²) in [7, 11) is -3.97. The van der Waals surface area contributed by atoms with Crippen molar-refractivity contribution >= 4 is 21.4 Å². The number of benzene rings is 2. The molecule has 1 atom stereocenters. The van der Waals surface area contributed by atoms with E-state index in [1.807, 2.05) is 11.4 Å². The molecule has 0 unspecified atom stereocenters. The Labute approximate surface area is 188 Å². The Morgan fingerprint density at radius 1 is 1.09 bits per heavy atom. The molecule has 1 fully saturated rings. The molecule has 2 aromatic carbocycles. The average molecular weight is 483 g/mol. The van der Waals surface area contributed by atoms with Crippen molar-refractivity contribution in [1.29, 1.82) is 0 Å². The van der Waals surface area contributed by atoms with Gasteiger partial charge in [-0.3, -0.25) is 4.90 Å². The van der Waals surface area contributed by atoms with E-state index in [0.29, 0.717) is 19.5 Å². The van der Waals surface area contributed by atoms with Gasteiger partial charge in [0.05, 0.1) is 4.90 Å². The van der Waals surface area contributed by atoms with E-state index in [2.05, 4.69) is 44.7 Å². The van der Waals surface area contributed by atoms with Crippen molar-refractivity contribution in [3.8, 4) is 16.2 Å². The van der Waals surface area contributed by atoms with E-state index in [1.165, 1.54) is 17.0 Å². The zero-order valence-corrected chi connectivity index (χ0v) is 18.5. The lowest BCUT2D eigenvalue weighted by Crippen LogP contribution is -2.37. The van der Waals surface area contributed by atoms with Crippen molar-refractivity contribution in [3.63, 3.8) is 0 Å². The molecule has 0 saturated carbocycles. The lowest BCUT2D eigenvalue weighted by atomic mass is 10.1. The van der Waals surface area contributed by atoms with Gasteiger partial charge in [-0.1, -0.05) is 36.4 Å². The first-order valence-electron chi connectivity index (χ1n) is 9.91. The number of hydrogen-bond donors (Lipinski definition) is 1.